The van der Waals surface area contributed by atoms with Gasteiger partial charge in [0.15, 0.2) is 5.75 Å². The lowest BCUT2D eigenvalue weighted by molar-refractivity contribution is 0.306. The topological polar surface area (TPSA) is 56.5 Å². The molecular weight excluding hydrogens is 573 g/mol. The van der Waals surface area contributed by atoms with Crippen LogP contribution in [0.4, 0.5) is 0 Å². The second-order valence-corrected chi connectivity index (χ2v) is 10.0. The normalized spacial score (nSPS) is 11.5. The van der Waals surface area contributed by atoms with Gasteiger partial charge in [-0.05, 0) is 60.0 Å². The molecule has 0 fully saturated rings. The number of benzene rings is 3. The molecule has 3 aromatic carbocycles. The predicted molar refractivity (Wildman–Crippen MR) is 148 cm³/mol. The molecule has 0 aliphatic heterocycles. The molecule has 0 atom stereocenters. The molecule has 1 heterocycles. The lowest BCUT2D eigenvalue weighted by Gasteiger charge is -2.11. The fraction of sp³-hybridized carbons (Fsp3) is 0.192. The van der Waals surface area contributed by atoms with E-state index < -0.39 is 0 Å². The molecule has 4 aromatic rings. The summed E-state index contributed by atoms with van der Waals surface area (Å²) in [5.41, 5.74) is 1.96. The number of ether oxygens (including phenoxy) is 1. The molecule has 0 unspecified atom stereocenters. The van der Waals surface area contributed by atoms with Crippen molar-refractivity contribution >= 4 is 67.9 Å². The van der Waals surface area contributed by atoms with Crippen LogP contribution < -0.4 is 10.3 Å². The highest BCUT2D eigenvalue weighted by Gasteiger charge is 2.12. The van der Waals surface area contributed by atoms with Crippen molar-refractivity contribution in [2.45, 2.75) is 32.8 Å². The van der Waals surface area contributed by atoms with Crippen LogP contribution in [0.25, 0.3) is 10.9 Å². The van der Waals surface area contributed by atoms with E-state index in [0.717, 1.165) is 22.9 Å². The Labute approximate surface area is 226 Å². The van der Waals surface area contributed by atoms with E-state index in [1.54, 1.807) is 36.5 Å². The zero-order valence-corrected chi connectivity index (χ0v) is 22.6. The third-order valence-corrected chi connectivity index (χ3v) is 6.58. The number of hydrogen-bond acceptors (Lipinski definition) is 4. The second-order valence-electron chi connectivity index (χ2n) is 7.88. The van der Waals surface area contributed by atoms with Gasteiger partial charge in [-0.1, -0.05) is 76.2 Å². The number of halogens is 4. The third-order valence-electron chi connectivity index (χ3n) is 5.27. The van der Waals surface area contributed by atoms with Crippen LogP contribution in [0.2, 0.25) is 15.1 Å². The number of aromatic nitrogens is 2. The number of fused-ring (bicyclic) bond motifs is 1. The monoisotopic (exact) mass is 591 g/mol. The molecule has 35 heavy (non-hydrogen) atoms. The van der Waals surface area contributed by atoms with Gasteiger partial charge in [0.05, 0.1) is 27.2 Å². The van der Waals surface area contributed by atoms with Gasteiger partial charge in [-0.15, -0.1) is 0 Å². The van der Waals surface area contributed by atoms with Crippen LogP contribution in [0.1, 0.15) is 36.7 Å². The molecule has 0 saturated carbocycles. The van der Waals surface area contributed by atoms with Crippen molar-refractivity contribution in [2.75, 3.05) is 0 Å². The fourth-order valence-electron chi connectivity index (χ4n) is 3.46. The van der Waals surface area contributed by atoms with Crippen molar-refractivity contribution in [3.8, 4) is 5.75 Å². The largest absolute Gasteiger partial charge is 0.486 e. The zero-order chi connectivity index (χ0) is 24.9. The third kappa shape index (κ3) is 6.25. The van der Waals surface area contributed by atoms with Crippen LogP contribution >= 0.6 is 50.7 Å². The van der Waals surface area contributed by atoms with Crippen molar-refractivity contribution in [3.63, 3.8) is 0 Å². The van der Waals surface area contributed by atoms with E-state index in [-0.39, 0.29) is 5.56 Å². The van der Waals surface area contributed by atoms with Crippen LogP contribution in [-0.2, 0) is 13.0 Å². The first-order chi connectivity index (χ1) is 16.9. The first kappa shape index (κ1) is 25.7. The van der Waals surface area contributed by atoms with Gasteiger partial charge in [0.25, 0.3) is 5.56 Å². The van der Waals surface area contributed by atoms with Gasteiger partial charge in [-0.3, -0.25) is 4.79 Å². The quantitative estimate of drug-likeness (QED) is 0.195. The maximum absolute atomic E-state index is 13.2. The van der Waals surface area contributed by atoms with E-state index in [1.807, 2.05) is 24.3 Å². The van der Waals surface area contributed by atoms with Crippen molar-refractivity contribution in [1.29, 1.82) is 0 Å². The minimum atomic E-state index is -0.237. The number of unbranched alkanes of at least 4 members (excludes halogenated alkanes) is 1. The molecule has 0 saturated heterocycles. The van der Waals surface area contributed by atoms with Gasteiger partial charge in [-0.2, -0.15) is 9.78 Å². The molecule has 0 bridgehead atoms. The molecule has 0 N–H and O–H groups in total. The minimum absolute atomic E-state index is 0.237. The highest BCUT2D eigenvalue weighted by atomic mass is 79.9. The fourth-order valence-corrected chi connectivity index (χ4v) is 4.56. The lowest BCUT2D eigenvalue weighted by Crippen LogP contribution is -2.22. The van der Waals surface area contributed by atoms with Crippen LogP contribution in [0.5, 0.6) is 5.75 Å². The molecule has 0 spiro atoms. The standard InChI is InChI=1S/C26H21BrCl3N3O2/c1-2-3-4-24-32-23-10-7-18(27)13-20(23)26(34)33(24)31-14-17-11-21(29)25(22(30)12-17)35-15-16-5-8-19(28)9-6-16/h5-14H,2-4,15H2,1H3. The van der Waals surface area contributed by atoms with E-state index in [1.165, 1.54) is 4.68 Å². The molecule has 1 aromatic heterocycles. The Balaban J connectivity index is 1.63. The number of rotatable bonds is 8. The van der Waals surface area contributed by atoms with Gasteiger partial charge in [-0.25, -0.2) is 4.98 Å². The van der Waals surface area contributed by atoms with Gasteiger partial charge in [0.2, 0.25) is 0 Å². The Kier molecular flexibility index (Phi) is 8.50. The zero-order valence-electron chi connectivity index (χ0n) is 18.8. The molecule has 0 aliphatic rings. The van der Waals surface area contributed by atoms with Gasteiger partial charge >= 0.3 is 0 Å². The average molecular weight is 594 g/mol. The summed E-state index contributed by atoms with van der Waals surface area (Å²) < 4.78 is 7.98. The van der Waals surface area contributed by atoms with E-state index in [9.17, 15) is 4.79 Å². The van der Waals surface area contributed by atoms with Crippen LogP contribution in [-0.4, -0.2) is 15.9 Å². The number of hydrogen-bond donors (Lipinski definition) is 0. The van der Waals surface area contributed by atoms with Crippen molar-refractivity contribution in [2.24, 2.45) is 5.10 Å². The first-order valence-electron chi connectivity index (χ1n) is 11.0. The van der Waals surface area contributed by atoms with Crippen LogP contribution in [0.15, 0.2) is 69.0 Å². The van der Waals surface area contributed by atoms with Crippen molar-refractivity contribution in [3.05, 3.63) is 101 Å². The molecule has 0 aliphatic carbocycles. The molecule has 180 valence electrons. The van der Waals surface area contributed by atoms with E-state index >= 15 is 0 Å². The predicted octanol–water partition coefficient (Wildman–Crippen LogP) is 7.92. The Hall–Kier alpha value is -2.38. The lowest BCUT2D eigenvalue weighted by atomic mass is 10.2. The number of nitrogens with zero attached hydrogens (tertiary/aromatic N) is 3. The Bertz CT molecular complexity index is 1430. The first-order valence-corrected chi connectivity index (χ1v) is 12.9. The van der Waals surface area contributed by atoms with E-state index in [4.69, 9.17) is 39.5 Å². The van der Waals surface area contributed by atoms with E-state index in [2.05, 4.69) is 32.9 Å². The van der Waals surface area contributed by atoms with Crippen LogP contribution in [0, 0.1) is 0 Å². The summed E-state index contributed by atoms with van der Waals surface area (Å²) in [6.07, 6.45) is 4.04. The SMILES string of the molecule is CCCCc1nc2ccc(Br)cc2c(=O)n1N=Cc1cc(Cl)c(OCc2ccc(Cl)cc2)c(Cl)c1. The highest BCUT2D eigenvalue weighted by molar-refractivity contribution is 9.10. The summed E-state index contributed by atoms with van der Waals surface area (Å²) in [7, 11) is 0. The summed E-state index contributed by atoms with van der Waals surface area (Å²) in [6.45, 7) is 2.38. The van der Waals surface area contributed by atoms with Crippen LogP contribution in [0.3, 0.4) is 0 Å². The Morgan fingerprint density at radius 2 is 1.77 bits per heavy atom. The Morgan fingerprint density at radius 3 is 2.46 bits per heavy atom. The summed E-state index contributed by atoms with van der Waals surface area (Å²) in [5, 5.41) is 6.27. The van der Waals surface area contributed by atoms with Crippen molar-refractivity contribution in [1.82, 2.24) is 9.66 Å². The molecule has 0 radical (unpaired) electrons. The molecule has 5 nitrogen and oxygen atoms in total. The highest BCUT2D eigenvalue weighted by Crippen LogP contribution is 2.34. The maximum Gasteiger partial charge on any atom is 0.282 e. The average Bonchev–Trinajstić information content (AvgIpc) is 2.83. The second kappa shape index (κ2) is 11.6. The van der Waals surface area contributed by atoms with E-state index in [0.29, 0.717) is 56.1 Å². The molecule has 0 amide bonds. The molecular formula is C26H21BrCl3N3O2. The summed E-state index contributed by atoms with van der Waals surface area (Å²) in [5.74, 6) is 0.974. The maximum atomic E-state index is 13.2. The summed E-state index contributed by atoms with van der Waals surface area (Å²) in [4.78, 5) is 17.9. The van der Waals surface area contributed by atoms with Gasteiger partial charge in [0, 0.05) is 15.9 Å². The summed E-state index contributed by atoms with van der Waals surface area (Å²) in [6, 6.07) is 16.1. The molecule has 9 heteroatoms. The van der Waals surface area contributed by atoms with Gasteiger partial charge in [0.1, 0.15) is 12.4 Å². The van der Waals surface area contributed by atoms with Crippen molar-refractivity contribution < 1.29 is 4.74 Å². The van der Waals surface area contributed by atoms with Gasteiger partial charge < -0.3 is 4.74 Å². The summed E-state index contributed by atoms with van der Waals surface area (Å²) >= 11 is 22.3. The smallest absolute Gasteiger partial charge is 0.282 e. The minimum Gasteiger partial charge on any atom is -0.486 e. The molecule has 4 rings (SSSR count). The number of aryl methyl sites for hydroxylation is 1. The Morgan fingerprint density at radius 1 is 1.06 bits per heavy atom.